The van der Waals surface area contributed by atoms with E-state index in [1.165, 1.54) is 5.56 Å². The first kappa shape index (κ1) is 10.4. The summed E-state index contributed by atoms with van der Waals surface area (Å²) in [7, 11) is 0. The van der Waals surface area contributed by atoms with E-state index >= 15 is 0 Å². The molecule has 0 saturated carbocycles. The van der Waals surface area contributed by atoms with Gasteiger partial charge in [0.05, 0.1) is 5.52 Å². The summed E-state index contributed by atoms with van der Waals surface area (Å²) in [5.41, 5.74) is 4.65. The molecule has 92 valence electrons. The van der Waals surface area contributed by atoms with Gasteiger partial charge in [-0.1, -0.05) is 24.3 Å². The first-order valence-corrected chi connectivity index (χ1v) is 6.27. The van der Waals surface area contributed by atoms with Gasteiger partial charge in [-0.25, -0.2) is 0 Å². The molecule has 4 aromatic rings. The van der Waals surface area contributed by atoms with Gasteiger partial charge in [-0.05, 0) is 30.7 Å². The summed E-state index contributed by atoms with van der Waals surface area (Å²) in [5, 5.41) is 1.78. The zero-order chi connectivity index (χ0) is 13.0. The number of rotatable bonds is 0. The summed E-state index contributed by atoms with van der Waals surface area (Å²) in [4.78, 5) is 19.1. The fourth-order valence-corrected chi connectivity index (χ4v) is 2.67. The van der Waals surface area contributed by atoms with Crippen LogP contribution in [0.4, 0.5) is 0 Å². The summed E-state index contributed by atoms with van der Waals surface area (Å²) in [5.74, 6) is 0. The predicted molar refractivity (Wildman–Crippen MR) is 78.7 cm³/mol. The van der Waals surface area contributed by atoms with Gasteiger partial charge in [0, 0.05) is 21.8 Å². The van der Waals surface area contributed by atoms with Crippen molar-refractivity contribution in [3.05, 3.63) is 58.3 Å². The maximum absolute atomic E-state index is 12.5. The number of pyridine rings is 1. The summed E-state index contributed by atoms with van der Waals surface area (Å²) in [6.45, 7) is 2.04. The van der Waals surface area contributed by atoms with Gasteiger partial charge in [-0.2, -0.15) is 0 Å². The van der Waals surface area contributed by atoms with Crippen LogP contribution in [0.25, 0.3) is 32.8 Å². The maximum atomic E-state index is 12.5. The first-order chi connectivity index (χ1) is 9.24. The van der Waals surface area contributed by atoms with Gasteiger partial charge in [0.2, 0.25) is 5.43 Å². The number of fused-ring (bicyclic) bond motifs is 4. The molecule has 2 N–H and O–H groups in total. The molecular formula is C16H12N2O. The number of hydrogen-bond acceptors (Lipinski definition) is 1. The molecule has 0 fully saturated rings. The lowest BCUT2D eigenvalue weighted by atomic mass is 10.1. The number of benzene rings is 2. The van der Waals surface area contributed by atoms with Crippen LogP contribution in [0.5, 0.6) is 0 Å². The molecule has 2 aromatic carbocycles. The van der Waals surface area contributed by atoms with Crippen molar-refractivity contribution in [1.82, 2.24) is 9.97 Å². The number of hydrogen-bond donors (Lipinski definition) is 2. The minimum atomic E-state index is 0.0539. The Bertz CT molecular complexity index is 992. The quantitative estimate of drug-likeness (QED) is 0.492. The second-order valence-corrected chi connectivity index (χ2v) is 4.92. The minimum Gasteiger partial charge on any atom is -0.353 e. The van der Waals surface area contributed by atoms with Crippen molar-refractivity contribution in [1.29, 1.82) is 0 Å². The van der Waals surface area contributed by atoms with E-state index in [1.807, 2.05) is 37.3 Å². The molecule has 19 heavy (non-hydrogen) atoms. The van der Waals surface area contributed by atoms with E-state index in [9.17, 15) is 4.79 Å². The molecule has 0 radical (unpaired) electrons. The summed E-state index contributed by atoms with van der Waals surface area (Å²) in [6, 6.07) is 13.8. The zero-order valence-electron chi connectivity index (χ0n) is 10.4. The van der Waals surface area contributed by atoms with Crippen LogP contribution in [0.1, 0.15) is 5.56 Å². The number of aromatic nitrogens is 2. The fraction of sp³-hybridized carbons (Fsp3) is 0.0625. The Labute approximate surface area is 108 Å². The molecule has 3 heteroatoms. The maximum Gasteiger partial charge on any atom is 0.213 e. The van der Waals surface area contributed by atoms with Crippen molar-refractivity contribution in [3.63, 3.8) is 0 Å². The largest absolute Gasteiger partial charge is 0.353 e. The highest BCUT2D eigenvalue weighted by molar-refractivity contribution is 6.08. The van der Waals surface area contributed by atoms with Crippen molar-refractivity contribution >= 4 is 32.8 Å². The number of nitrogens with one attached hydrogen (secondary N) is 2. The molecule has 0 amide bonds. The van der Waals surface area contributed by atoms with Crippen molar-refractivity contribution in [2.75, 3.05) is 0 Å². The van der Waals surface area contributed by atoms with E-state index < -0.39 is 0 Å². The predicted octanol–water partition coefficient (Wildman–Crippen LogP) is 3.47. The average Bonchev–Trinajstić information content (AvgIpc) is 2.77. The lowest BCUT2D eigenvalue weighted by molar-refractivity contribution is 1.45. The van der Waals surface area contributed by atoms with Gasteiger partial charge in [-0.15, -0.1) is 0 Å². The molecule has 0 aliphatic rings. The van der Waals surface area contributed by atoms with E-state index in [0.717, 1.165) is 27.3 Å². The van der Waals surface area contributed by atoms with E-state index in [2.05, 4.69) is 22.1 Å². The number of para-hydroxylation sites is 1. The normalized spacial score (nSPS) is 11.6. The van der Waals surface area contributed by atoms with Crippen LogP contribution in [-0.2, 0) is 0 Å². The van der Waals surface area contributed by atoms with Crippen LogP contribution >= 0.6 is 0 Å². The fourth-order valence-electron chi connectivity index (χ4n) is 2.67. The van der Waals surface area contributed by atoms with Crippen LogP contribution in [0.3, 0.4) is 0 Å². The molecule has 0 aliphatic heterocycles. The number of H-pyrrole nitrogens is 2. The Morgan fingerprint density at radius 1 is 0.842 bits per heavy atom. The van der Waals surface area contributed by atoms with Crippen LogP contribution in [0, 0.1) is 6.92 Å². The monoisotopic (exact) mass is 248 g/mol. The lowest BCUT2D eigenvalue weighted by Crippen LogP contribution is -2.03. The highest BCUT2D eigenvalue weighted by Gasteiger charge is 2.10. The summed E-state index contributed by atoms with van der Waals surface area (Å²) in [6.07, 6.45) is 0. The topological polar surface area (TPSA) is 48.6 Å². The molecule has 0 spiro atoms. The molecule has 0 atom stereocenters. The van der Waals surface area contributed by atoms with Gasteiger partial charge in [-0.3, -0.25) is 4.79 Å². The van der Waals surface area contributed by atoms with Crippen LogP contribution in [-0.4, -0.2) is 9.97 Å². The molecule has 0 unspecified atom stereocenters. The standard InChI is InChI=1S/C16H12N2O/c1-9-6-7-10-13(8-9)18-15-14(10)17-12-5-3-2-4-11(12)16(15)19/h2-8,18H,1H3,(H,17,19). The molecule has 2 heterocycles. The van der Waals surface area contributed by atoms with E-state index in [4.69, 9.17) is 0 Å². The SMILES string of the molecule is Cc1ccc2c(c1)[nH]c1c(=O)c3ccccc3[nH]c12. The smallest absolute Gasteiger partial charge is 0.213 e. The molecular weight excluding hydrogens is 236 g/mol. The molecule has 4 rings (SSSR count). The average molecular weight is 248 g/mol. The molecule has 0 aliphatic carbocycles. The van der Waals surface area contributed by atoms with Crippen LogP contribution in [0.15, 0.2) is 47.3 Å². The Kier molecular flexibility index (Phi) is 1.90. The highest BCUT2D eigenvalue weighted by atomic mass is 16.1. The van der Waals surface area contributed by atoms with Gasteiger partial charge >= 0.3 is 0 Å². The second kappa shape index (κ2) is 3.48. The van der Waals surface area contributed by atoms with Crippen molar-refractivity contribution in [3.8, 4) is 0 Å². The van der Waals surface area contributed by atoms with E-state index in [1.54, 1.807) is 0 Å². The van der Waals surface area contributed by atoms with Crippen LogP contribution < -0.4 is 5.43 Å². The number of aromatic amines is 2. The Morgan fingerprint density at radius 2 is 1.63 bits per heavy atom. The Hall–Kier alpha value is -2.55. The van der Waals surface area contributed by atoms with Crippen molar-refractivity contribution < 1.29 is 0 Å². The molecule has 0 bridgehead atoms. The number of aryl methyl sites for hydroxylation is 1. The van der Waals surface area contributed by atoms with Gasteiger partial charge < -0.3 is 9.97 Å². The second-order valence-electron chi connectivity index (χ2n) is 4.92. The third kappa shape index (κ3) is 1.35. The first-order valence-electron chi connectivity index (χ1n) is 6.27. The van der Waals surface area contributed by atoms with E-state index in [0.29, 0.717) is 5.52 Å². The van der Waals surface area contributed by atoms with Gasteiger partial charge in [0.1, 0.15) is 5.52 Å². The Morgan fingerprint density at radius 3 is 2.53 bits per heavy atom. The van der Waals surface area contributed by atoms with Crippen LogP contribution in [0.2, 0.25) is 0 Å². The van der Waals surface area contributed by atoms with Crippen molar-refractivity contribution in [2.24, 2.45) is 0 Å². The lowest BCUT2D eigenvalue weighted by Gasteiger charge is -1.98. The zero-order valence-corrected chi connectivity index (χ0v) is 10.4. The third-order valence-corrected chi connectivity index (χ3v) is 3.61. The third-order valence-electron chi connectivity index (χ3n) is 3.61. The highest BCUT2D eigenvalue weighted by Crippen LogP contribution is 2.24. The summed E-state index contributed by atoms with van der Waals surface area (Å²) >= 11 is 0. The minimum absolute atomic E-state index is 0.0539. The van der Waals surface area contributed by atoms with Crippen molar-refractivity contribution in [2.45, 2.75) is 6.92 Å². The Balaban J connectivity index is 2.32. The van der Waals surface area contributed by atoms with E-state index in [-0.39, 0.29) is 5.43 Å². The van der Waals surface area contributed by atoms with Gasteiger partial charge in [0.15, 0.2) is 0 Å². The molecule has 3 nitrogen and oxygen atoms in total. The molecule has 0 saturated heterocycles. The molecule has 2 aromatic heterocycles. The van der Waals surface area contributed by atoms with Gasteiger partial charge in [0.25, 0.3) is 0 Å². The summed E-state index contributed by atoms with van der Waals surface area (Å²) < 4.78 is 0.